The molecule has 2 heterocycles. The average Bonchev–Trinajstić information content (AvgIpc) is 3.04. The molecule has 0 saturated carbocycles. The van der Waals surface area contributed by atoms with E-state index in [9.17, 15) is 10.1 Å². The van der Waals surface area contributed by atoms with Crippen molar-refractivity contribution in [2.45, 2.75) is 13.3 Å². The molecule has 6 heteroatoms. The van der Waals surface area contributed by atoms with Crippen LogP contribution in [-0.4, -0.2) is 20.1 Å². The summed E-state index contributed by atoms with van der Waals surface area (Å²) in [6.07, 6.45) is 2.65. The van der Waals surface area contributed by atoms with Crippen LogP contribution in [0, 0.1) is 10.1 Å². The van der Waals surface area contributed by atoms with Crippen LogP contribution in [0.3, 0.4) is 0 Å². The number of fused-ring (bicyclic) bond motifs is 2. The van der Waals surface area contributed by atoms with Crippen LogP contribution in [0.15, 0.2) is 60.8 Å². The number of nitrogens with zero attached hydrogens (tertiary/aromatic N) is 3. The van der Waals surface area contributed by atoms with E-state index in [1.807, 2.05) is 37.4 Å². The topological polar surface area (TPSA) is 84.7 Å². The lowest BCUT2D eigenvalue weighted by atomic mass is 10.1. The third kappa shape index (κ3) is 3.22. The fourth-order valence-electron chi connectivity index (χ4n) is 2.45. The summed E-state index contributed by atoms with van der Waals surface area (Å²) < 4.78 is 0. The number of aryl methyl sites for hydroxylation is 1. The van der Waals surface area contributed by atoms with Crippen molar-refractivity contribution in [1.29, 1.82) is 0 Å². The molecular formula is C18H16N4O2. The molecule has 2 aromatic carbocycles. The number of benzene rings is 2. The van der Waals surface area contributed by atoms with Crippen LogP contribution in [0.2, 0.25) is 0 Å². The minimum Gasteiger partial charge on any atom is -0.281 e. The highest BCUT2D eigenvalue weighted by molar-refractivity contribution is 5.83. The minimum absolute atomic E-state index is 0.0756. The Morgan fingerprint density at radius 2 is 1.88 bits per heavy atom. The summed E-state index contributed by atoms with van der Waals surface area (Å²) in [5.74, 6) is 0. The number of pyridine rings is 1. The summed E-state index contributed by atoms with van der Waals surface area (Å²) in [6, 6.07) is 16.8. The van der Waals surface area contributed by atoms with Crippen molar-refractivity contribution in [2.75, 3.05) is 0 Å². The number of nitro benzene ring substituents is 1. The molecule has 0 radical (unpaired) electrons. The Hall–Kier alpha value is -3.28. The number of aromatic nitrogens is 3. The predicted octanol–water partition coefficient (Wildman–Crippen LogP) is 4.27. The van der Waals surface area contributed by atoms with Gasteiger partial charge in [0, 0.05) is 34.8 Å². The zero-order chi connectivity index (χ0) is 16.9. The minimum atomic E-state index is -0.417. The molecule has 0 bridgehead atoms. The van der Waals surface area contributed by atoms with Gasteiger partial charge < -0.3 is 0 Å². The van der Waals surface area contributed by atoms with E-state index >= 15 is 0 Å². The summed E-state index contributed by atoms with van der Waals surface area (Å²) in [6.45, 7) is 2.01. The standard InChI is InChI=1S/C9H9N3O2.C9H7N/c1-2-8-7-4-3-6(12(13)14)5-9(7)11-10-8;1-2-6-9-8(4-1)5-3-7-10-9/h3-5H,2H2,1H3,(H,10,11);1-7H. The zero-order valence-electron chi connectivity index (χ0n) is 13.1. The maximum atomic E-state index is 10.5. The molecule has 0 aliphatic carbocycles. The van der Waals surface area contributed by atoms with Crippen molar-refractivity contribution < 1.29 is 4.92 Å². The molecule has 6 nitrogen and oxygen atoms in total. The number of nitrogens with one attached hydrogen (secondary N) is 1. The Morgan fingerprint density at radius 1 is 1.08 bits per heavy atom. The first-order valence-electron chi connectivity index (χ1n) is 7.60. The van der Waals surface area contributed by atoms with Gasteiger partial charge in [0.2, 0.25) is 0 Å². The number of non-ortho nitro benzene ring substituents is 1. The van der Waals surface area contributed by atoms with Crippen molar-refractivity contribution in [3.8, 4) is 0 Å². The van der Waals surface area contributed by atoms with Crippen molar-refractivity contribution in [2.24, 2.45) is 0 Å². The van der Waals surface area contributed by atoms with E-state index < -0.39 is 4.92 Å². The van der Waals surface area contributed by atoms with E-state index in [4.69, 9.17) is 0 Å². The molecule has 0 unspecified atom stereocenters. The lowest BCUT2D eigenvalue weighted by molar-refractivity contribution is -0.384. The van der Waals surface area contributed by atoms with Gasteiger partial charge in [0.15, 0.2) is 0 Å². The number of hydrogen-bond donors (Lipinski definition) is 1. The molecule has 4 rings (SSSR count). The predicted molar refractivity (Wildman–Crippen MR) is 93.9 cm³/mol. The second kappa shape index (κ2) is 6.87. The number of hydrogen-bond acceptors (Lipinski definition) is 4. The Kier molecular flexibility index (Phi) is 4.47. The third-order valence-electron chi connectivity index (χ3n) is 3.69. The van der Waals surface area contributed by atoms with Crippen LogP contribution in [0.1, 0.15) is 12.6 Å². The van der Waals surface area contributed by atoms with E-state index in [2.05, 4.69) is 27.3 Å². The maximum absolute atomic E-state index is 10.5. The summed E-state index contributed by atoms with van der Waals surface area (Å²) in [4.78, 5) is 14.3. The van der Waals surface area contributed by atoms with Gasteiger partial charge in [0.1, 0.15) is 0 Å². The van der Waals surface area contributed by atoms with Crippen LogP contribution in [0.5, 0.6) is 0 Å². The Balaban J connectivity index is 0.000000149. The zero-order valence-corrected chi connectivity index (χ0v) is 13.1. The molecule has 120 valence electrons. The Bertz CT molecular complexity index is 929. The van der Waals surface area contributed by atoms with E-state index in [1.165, 1.54) is 17.5 Å². The smallest absolute Gasteiger partial charge is 0.271 e. The molecule has 0 saturated heterocycles. The number of H-pyrrole nitrogens is 1. The van der Waals surface area contributed by atoms with Gasteiger partial charge in [-0.3, -0.25) is 20.2 Å². The van der Waals surface area contributed by atoms with Crippen LogP contribution in [0.4, 0.5) is 5.69 Å². The third-order valence-corrected chi connectivity index (χ3v) is 3.69. The van der Waals surface area contributed by atoms with Gasteiger partial charge in [-0.25, -0.2) is 0 Å². The summed E-state index contributed by atoms with van der Waals surface area (Å²) in [5, 5.41) is 19.5. The van der Waals surface area contributed by atoms with E-state index in [-0.39, 0.29) is 5.69 Å². The van der Waals surface area contributed by atoms with Gasteiger partial charge in [-0.15, -0.1) is 0 Å². The summed E-state index contributed by atoms with van der Waals surface area (Å²) in [5.41, 5.74) is 2.79. The van der Waals surface area contributed by atoms with Crippen LogP contribution >= 0.6 is 0 Å². The highest BCUT2D eigenvalue weighted by atomic mass is 16.6. The van der Waals surface area contributed by atoms with Crippen LogP contribution < -0.4 is 0 Å². The second-order valence-corrected chi connectivity index (χ2v) is 5.21. The monoisotopic (exact) mass is 320 g/mol. The van der Waals surface area contributed by atoms with Gasteiger partial charge in [-0.1, -0.05) is 31.2 Å². The van der Waals surface area contributed by atoms with E-state index in [0.717, 1.165) is 23.0 Å². The molecular weight excluding hydrogens is 304 g/mol. The molecule has 24 heavy (non-hydrogen) atoms. The van der Waals surface area contributed by atoms with Gasteiger partial charge >= 0.3 is 0 Å². The van der Waals surface area contributed by atoms with Crippen molar-refractivity contribution in [3.63, 3.8) is 0 Å². The first-order chi connectivity index (χ1) is 11.7. The Morgan fingerprint density at radius 3 is 2.62 bits per heavy atom. The molecule has 4 aromatic rings. The number of aromatic amines is 1. The fraction of sp³-hybridized carbons (Fsp3) is 0.111. The summed E-state index contributed by atoms with van der Waals surface area (Å²) >= 11 is 0. The second-order valence-electron chi connectivity index (χ2n) is 5.21. The maximum Gasteiger partial charge on any atom is 0.271 e. The Labute approximate surface area is 138 Å². The van der Waals surface area contributed by atoms with E-state index in [1.54, 1.807) is 6.07 Å². The number of rotatable bonds is 2. The normalized spacial score (nSPS) is 10.4. The van der Waals surface area contributed by atoms with E-state index in [0.29, 0.717) is 5.52 Å². The van der Waals surface area contributed by atoms with Gasteiger partial charge in [-0.2, -0.15) is 5.10 Å². The molecule has 0 aliphatic heterocycles. The first kappa shape index (κ1) is 15.6. The molecule has 0 atom stereocenters. The molecule has 0 spiro atoms. The molecule has 1 N–H and O–H groups in total. The van der Waals surface area contributed by atoms with Crippen molar-refractivity contribution >= 4 is 27.5 Å². The van der Waals surface area contributed by atoms with Crippen molar-refractivity contribution in [3.05, 3.63) is 76.6 Å². The lowest BCUT2D eigenvalue weighted by Crippen LogP contribution is -1.86. The molecule has 0 fully saturated rings. The fourth-order valence-corrected chi connectivity index (χ4v) is 2.45. The number of nitro groups is 1. The largest absolute Gasteiger partial charge is 0.281 e. The van der Waals surface area contributed by atoms with Crippen LogP contribution in [0.25, 0.3) is 21.8 Å². The number of para-hydroxylation sites is 1. The van der Waals surface area contributed by atoms with Gasteiger partial charge in [-0.05, 0) is 24.6 Å². The van der Waals surface area contributed by atoms with Crippen LogP contribution in [-0.2, 0) is 6.42 Å². The van der Waals surface area contributed by atoms with Crippen molar-refractivity contribution in [1.82, 2.24) is 15.2 Å². The molecule has 0 amide bonds. The molecule has 0 aliphatic rings. The summed E-state index contributed by atoms with van der Waals surface area (Å²) in [7, 11) is 0. The SMILES string of the molecule is CCc1[nH]nc2cc([N+](=O)[O-])ccc12.c1ccc2ncccc2c1. The first-order valence-corrected chi connectivity index (χ1v) is 7.60. The highest BCUT2D eigenvalue weighted by Gasteiger charge is 2.09. The van der Waals surface area contributed by atoms with Gasteiger partial charge in [0.05, 0.1) is 16.0 Å². The highest BCUT2D eigenvalue weighted by Crippen LogP contribution is 2.21. The molecule has 2 aromatic heterocycles. The quantitative estimate of drug-likeness (QED) is 0.441. The lowest BCUT2D eigenvalue weighted by Gasteiger charge is -1.92. The van der Waals surface area contributed by atoms with Gasteiger partial charge in [0.25, 0.3) is 5.69 Å². The average molecular weight is 320 g/mol.